The molecule has 0 saturated carbocycles. The van der Waals surface area contributed by atoms with E-state index in [0.29, 0.717) is 97.1 Å². The SMILES string of the molecule is CC(C)(C)NC(=O)N1CC=C(c2cc3c(Nc4ccc5[nH]ncc5c4)c(C#N)cnc3[nH]2)CC1.CC(C)(C)OC(=O)N1CC=C(c2cc3c(Nc4ccc5[nH]ccc5c4)c(C#N)cnc3[nH]2)CC1.CC(C)(C)OC(=O)N1CC=C(c2cc3c(Nc4ccc5[nH]ncc5c4)c(C#N)cnc3[nH]2)CC1. The minimum atomic E-state index is -0.520. The average molecular weight is 1360 g/mol. The molecule has 12 aromatic rings. The number of carbonyl (C=O) groups excluding carboxylic acids is 3. The van der Waals surface area contributed by atoms with Crippen molar-refractivity contribution in [2.45, 2.75) is 98.3 Å². The minimum absolute atomic E-state index is 0.0548. The van der Waals surface area contributed by atoms with Crippen LogP contribution >= 0.6 is 0 Å². The van der Waals surface area contributed by atoms with Gasteiger partial charge in [0.25, 0.3) is 0 Å². The number of hydrogen-bond donors (Lipinski definition) is 10. The van der Waals surface area contributed by atoms with Crippen LogP contribution in [0.3, 0.4) is 0 Å². The van der Waals surface area contributed by atoms with E-state index < -0.39 is 11.2 Å². The molecular weight excluding hydrogens is 1290 g/mol. The number of H-pyrrole nitrogens is 6. The van der Waals surface area contributed by atoms with Gasteiger partial charge in [-0.15, -0.1) is 0 Å². The van der Waals surface area contributed by atoms with Gasteiger partial charge in [-0.25, -0.2) is 29.3 Å². The van der Waals surface area contributed by atoms with E-state index in [9.17, 15) is 30.2 Å². The number of benzene rings is 3. The molecule has 0 fully saturated rings. The summed E-state index contributed by atoms with van der Waals surface area (Å²) >= 11 is 0. The maximum Gasteiger partial charge on any atom is 0.410 e. The molecule has 3 aromatic carbocycles. The third kappa shape index (κ3) is 15.2. The minimum Gasteiger partial charge on any atom is -0.444 e. The van der Waals surface area contributed by atoms with Gasteiger partial charge in [-0.05, 0) is 177 Å². The lowest BCUT2D eigenvalue weighted by Gasteiger charge is -2.30. The number of aromatic amines is 6. The average Bonchev–Trinajstić information content (AvgIpc) is 1.62. The van der Waals surface area contributed by atoms with Crippen LogP contribution in [-0.4, -0.2) is 144 Å². The molecule has 0 saturated heterocycles. The van der Waals surface area contributed by atoms with E-state index in [0.717, 1.165) is 112 Å². The van der Waals surface area contributed by atoms with Crippen molar-refractivity contribution >= 4 is 135 Å². The van der Waals surface area contributed by atoms with Crippen molar-refractivity contribution in [1.82, 2.24) is 75.3 Å². The molecule has 9 aromatic heterocycles. The Morgan fingerprint density at radius 2 is 0.843 bits per heavy atom. The zero-order valence-electron chi connectivity index (χ0n) is 58.0. The van der Waals surface area contributed by atoms with Crippen LogP contribution in [-0.2, 0) is 9.47 Å². The number of fused-ring (bicyclic) bond motifs is 6. The monoisotopic (exact) mass is 1360 g/mol. The molecule has 0 spiro atoms. The number of nitriles is 3. The van der Waals surface area contributed by atoms with Crippen LogP contribution < -0.4 is 21.3 Å². The predicted molar refractivity (Wildman–Crippen MR) is 396 cm³/mol. The molecule has 4 amide bonds. The number of rotatable bonds is 9. The number of ether oxygens (including phenoxy) is 2. The maximum absolute atomic E-state index is 12.5. The molecule has 0 aliphatic carbocycles. The normalized spacial score (nSPS) is 14.2. The summed E-state index contributed by atoms with van der Waals surface area (Å²) in [5.41, 5.74) is 16.0. The standard InChI is InChI=1S/C26H26N6O2.C25H26N8O.C25H25N7O2/c1-26(2,3)34-25(33)32-10-7-16(8-11-32)22-13-20-23(18(14-27)15-29-24(20)31-22)30-19-4-5-21-17(12-19)6-9-28-21;1-25(2,3)31-24(34)33-8-6-15(7-9-33)21-11-19-22(17(12-26)13-27-23(19)30-21)29-18-4-5-20-16(10-18)14-28-32-20;1-25(2,3)34-24(33)32-8-6-15(7-9-32)21-11-19-22(17(12-26)13-27-23(19)30-21)29-18-4-5-20-16(10-18)14-28-31-20/h4-7,9,12-13,15,28H,8,10-11H2,1-3H3,(H2,29,30,31);4-6,10-11,13-14H,7-9H2,1-3H3,(H,28,32)(H,31,34)(H2,27,29,30);4-6,10-11,13-14H,7-9H2,1-3H3,(H,28,31)(H2,27,29,30). The topological polar surface area (TPSA) is 358 Å². The van der Waals surface area contributed by atoms with Gasteiger partial charge in [0.15, 0.2) is 0 Å². The lowest BCUT2D eigenvalue weighted by Crippen LogP contribution is -2.49. The number of amides is 4. The van der Waals surface area contributed by atoms with Crippen molar-refractivity contribution < 1.29 is 23.9 Å². The summed E-state index contributed by atoms with van der Waals surface area (Å²) < 4.78 is 11.0. The largest absolute Gasteiger partial charge is 0.444 e. The van der Waals surface area contributed by atoms with E-state index in [1.165, 1.54) is 0 Å². The van der Waals surface area contributed by atoms with E-state index in [1.54, 1.807) is 40.8 Å². The summed E-state index contributed by atoms with van der Waals surface area (Å²) in [5, 5.41) is 61.9. The first-order chi connectivity index (χ1) is 48.9. The number of anilines is 6. The summed E-state index contributed by atoms with van der Waals surface area (Å²) in [5.74, 6) is 0. The molecule has 0 unspecified atom stereocenters. The first-order valence-corrected chi connectivity index (χ1v) is 33.5. The van der Waals surface area contributed by atoms with Gasteiger partial charge in [-0.2, -0.15) is 26.0 Å². The molecule has 0 radical (unpaired) electrons. The quantitative estimate of drug-likeness (QED) is 0.0642. The van der Waals surface area contributed by atoms with Crippen molar-refractivity contribution in [3.05, 3.63) is 168 Å². The van der Waals surface area contributed by atoms with Crippen LogP contribution in [0, 0.1) is 34.0 Å². The molecule has 0 atom stereocenters. The maximum atomic E-state index is 12.5. The Kier molecular flexibility index (Phi) is 18.4. The Balaban J connectivity index is 0.000000137. The summed E-state index contributed by atoms with van der Waals surface area (Å²) in [4.78, 5) is 69.1. The van der Waals surface area contributed by atoms with Crippen molar-refractivity contribution in [1.29, 1.82) is 15.8 Å². The second-order valence-electron chi connectivity index (χ2n) is 28.2. The number of nitrogens with zero attached hydrogens (tertiary/aromatic N) is 11. The molecule has 10 N–H and O–H groups in total. The van der Waals surface area contributed by atoms with Crippen molar-refractivity contribution in [2.75, 3.05) is 55.2 Å². The molecule has 102 heavy (non-hydrogen) atoms. The van der Waals surface area contributed by atoms with Crippen LogP contribution in [0.5, 0.6) is 0 Å². The second kappa shape index (κ2) is 27.8. The number of aromatic nitrogens is 11. The molecular formula is C76H77N21O5. The smallest absolute Gasteiger partial charge is 0.410 e. The zero-order valence-corrected chi connectivity index (χ0v) is 58.0. The van der Waals surface area contributed by atoms with Gasteiger partial charge in [0, 0.05) is 142 Å². The van der Waals surface area contributed by atoms with E-state index >= 15 is 0 Å². The number of urea groups is 1. The van der Waals surface area contributed by atoms with Gasteiger partial charge in [-0.3, -0.25) is 10.2 Å². The summed E-state index contributed by atoms with van der Waals surface area (Å²) in [6, 6.07) is 32.5. The highest BCUT2D eigenvalue weighted by Crippen LogP contribution is 2.38. The van der Waals surface area contributed by atoms with Crippen LogP contribution in [0.1, 0.15) is 115 Å². The summed E-state index contributed by atoms with van der Waals surface area (Å²) in [6.07, 6.45) is 17.8. The van der Waals surface area contributed by atoms with E-state index in [2.05, 4.69) is 101 Å². The van der Waals surface area contributed by atoms with Crippen LogP contribution in [0.15, 0.2) is 134 Å². The lowest BCUT2D eigenvalue weighted by molar-refractivity contribution is 0.0260. The molecule has 516 valence electrons. The van der Waals surface area contributed by atoms with E-state index in [-0.39, 0.29) is 23.8 Å². The van der Waals surface area contributed by atoms with Gasteiger partial charge in [-0.1, -0.05) is 18.2 Å². The Labute approximate surface area is 586 Å². The van der Waals surface area contributed by atoms with Crippen molar-refractivity contribution in [2.24, 2.45) is 0 Å². The predicted octanol–water partition coefficient (Wildman–Crippen LogP) is 15.4. The second-order valence-corrected chi connectivity index (χ2v) is 28.2. The van der Waals surface area contributed by atoms with Gasteiger partial charge in [0.2, 0.25) is 0 Å². The molecule has 0 bridgehead atoms. The van der Waals surface area contributed by atoms with Crippen molar-refractivity contribution in [3.63, 3.8) is 0 Å². The first kappa shape index (κ1) is 67.7. The van der Waals surface area contributed by atoms with Gasteiger partial charge >= 0.3 is 18.2 Å². The van der Waals surface area contributed by atoms with Crippen LogP contribution in [0.4, 0.5) is 48.5 Å². The van der Waals surface area contributed by atoms with Gasteiger partial charge in [0.05, 0.1) is 57.2 Å². The fourth-order valence-electron chi connectivity index (χ4n) is 12.3. The highest BCUT2D eigenvalue weighted by molar-refractivity contribution is 6.01. The van der Waals surface area contributed by atoms with Crippen LogP contribution in [0.2, 0.25) is 0 Å². The molecule has 3 aliphatic heterocycles. The number of hydrogen-bond acceptors (Lipinski definition) is 16. The molecule has 12 heterocycles. The van der Waals surface area contributed by atoms with Crippen molar-refractivity contribution in [3.8, 4) is 18.2 Å². The van der Waals surface area contributed by atoms with E-state index in [4.69, 9.17) is 9.47 Å². The molecule has 26 nitrogen and oxygen atoms in total. The highest BCUT2D eigenvalue weighted by Gasteiger charge is 2.28. The molecule has 15 rings (SSSR count). The van der Waals surface area contributed by atoms with E-state index in [1.807, 2.05) is 164 Å². The Morgan fingerprint density at radius 3 is 1.20 bits per heavy atom. The highest BCUT2D eigenvalue weighted by atomic mass is 16.6. The molecule has 3 aliphatic rings. The number of nitrogens with one attached hydrogen (secondary N) is 10. The lowest BCUT2D eigenvalue weighted by atomic mass is 10.0. The number of carbonyl (C=O) groups is 3. The zero-order chi connectivity index (χ0) is 71.6. The fourth-order valence-corrected chi connectivity index (χ4v) is 12.3. The Morgan fingerprint density at radius 1 is 0.471 bits per heavy atom. The third-order valence-corrected chi connectivity index (χ3v) is 17.3. The third-order valence-electron chi connectivity index (χ3n) is 17.3. The Hall–Kier alpha value is -12.9. The fraction of sp³-hybridized carbons (Fsp3) is 0.276. The van der Waals surface area contributed by atoms with Gasteiger partial charge in [0.1, 0.15) is 46.4 Å². The van der Waals surface area contributed by atoms with Crippen LogP contribution in [0.25, 0.3) is 82.5 Å². The number of pyridine rings is 3. The molecule has 26 heteroatoms. The first-order valence-electron chi connectivity index (χ1n) is 33.5. The van der Waals surface area contributed by atoms with Gasteiger partial charge < -0.3 is 65.4 Å². The summed E-state index contributed by atoms with van der Waals surface area (Å²) in [7, 11) is 0. The summed E-state index contributed by atoms with van der Waals surface area (Å²) in [6.45, 7) is 20.4. The Bertz CT molecular complexity index is 4930.